The average molecular weight is 289 g/mol. The highest BCUT2D eigenvalue weighted by Crippen LogP contribution is 2.29. The van der Waals surface area contributed by atoms with Gasteiger partial charge in [-0.15, -0.1) is 0 Å². The molecule has 2 rings (SSSR count). The van der Waals surface area contributed by atoms with Crippen LogP contribution < -0.4 is 4.90 Å². The number of esters is 1. The molecule has 0 saturated carbocycles. The molecule has 1 aromatic carbocycles. The van der Waals surface area contributed by atoms with E-state index in [4.69, 9.17) is 4.74 Å². The van der Waals surface area contributed by atoms with Gasteiger partial charge in [0.25, 0.3) is 0 Å². The first-order valence-electron chi connectivity index (χ1n) is 7.60. The summed E-state index contributed by atoms with van der Waals surface area (Å²) in [6.45, 7) is 5.60. The molecule has 0 N–H and O–H groups in total. The number of ketones is 1. The molecule has 0 saturated heterocycles. The van der Waals surface area contributed by atoms with Crippen molar-refractivity contribution >= 4 is 17.4 Å². The number of fused-ring (bicyclic) bond motifs is 1. The molecule has 1 atom stereocenters. The number of Topliss-reactive ketones (excluding diaryl/α,β-unsaturated/α-hetero) is 1. The molecule has 1 aromatic rings. The van der Waals surface area contributed by atoms with E-state index >= 15 is 0 Å². The second-order valence-electron chi connectivity index (χ2n) is 5.66. The van der Waals surface area contributed by atoms with Crippen molar-refractivity contribution in [2.45, 2.75) is 33.1 Å². The van der Waals surface area contributed by atoms with E-state index in [0.717, 1.165) is 18.7 Å². The Morgan fingerprint density at radius 1 is 1.29 bits per heavy atom. The van der Waals surface area contributed by atoms with Gasteiger partial charge < -0.3 is 9.64 Å². The van der Waals surface area contributed by atoms with Crippen LogP contribution >= 0.6 is 0 Å². The molecule has 4 heteroatoms. The van der Waals surface area contributed by atoms with Gasteiger partial charge in [-0.25, -0.2) is 0 Å². The lowest BCUT2D eigenvalue weighted by atomic mass is 9.93. The molecule has 4 nitrogen and oxygen atoms in total. The van der Waals surface area contributed by atoms with Crippen molar-refractivity contribution in [3.05, 3.63) is 29.8 Å². The molecule has 114 valence electrons. The Morgan fingerprint density at radius 3 is 2.81 bits per heavy atom. The molecule has 0 fully saturated rings. The highest BCUT2D eigenvalue weighted by molar-refractivity contribution is 5.86. The van der Waals surface area contributed by atoms with E-state index in [2.05, 4.69) is 24.0 Å². The second-order valence-corrected chi connectivity index (χ2v) is 5.66. The van der Waals surface area contributed by atoms with Crippen LogP contribution in [0.4, 0.5) is 5.69 Å². The molecule has 0 radical (unpaired) electrons. The fourth-order valence-electron chi connectivity index (χ4n) is 2.82. The molecule has 0 aliphatic carbocycles. The van der Waals surface area contributed by atoms with Crippen molar-refractivity contribution in [2.24, 2.45) is 5.92 Å². The van der Waals surface area contributed by atoms with Gasteiger partial charge in [0.1, 0.15) is 0 Å². The Labute approximate surface area is 126 Å². The summed E-state index contributed by atoms with van der Waals surface area (Å²) in [5, 5.41) is 0. The fourth-order valence-corrected chi connectivity index (χ4v) is 2.82. The Balaban J connectivity index is 1.93. The standard InChI is InChI=1S/C17H23NO3/c1-3-21-17(20)9-8-15(19)12-18-11-13(2)10-14-6-4-5-7-16(14)18/h4-7,13H,3,8-12H2,1-2H3. The predicted molar refractivity (Wildman–Crippen MR) is 82.4 cm³/mol. The maximum Gasteiger partial charge on any atom is 0.306 e. The normalized spacial score (nSPS) is 17.2. The first-order valence-corrected chi connectivity index (χ1v) is 7.60. The smallest absolute Gasteiger partial charge is 0.306 e. The Bertz CT molecular complexity index is 513. The molecule has 21 heavy (non-hydrogen) atoms. The molecular weight excluding hydrogens is 266 g/mol. The summed E-state index contributed by atoms with van der Waals surface area (Å²) in [5.41, 5.74) is 2.45. The van der Waals surface area contributed by atoms with Crippen molar-refractivity contribution in [1.82, 2.24) is 0 Å². The Hall–Kier alpha value is -1.84. The van der Waals surface area contributed by atoms with Crippen LogP contribution in [0.25, 0.3) is 0 Å². The third-order valence-electron chi connectivity index (χ3n) is 3.71. The van der Waals surface area contributed by atoms with Gasteiger partial charge in [0, 0.05) is 18.7 Å². The molecule has 0 aromatic heterocycles. The number of anilines is 1. The number of benzene rings is 1. The van der Waals surface area contributed by atoms with Crippen molar-refractivity contribution in [3.8, 4) is 0 Å². The van der Waals surface area contributed by atoms with E-state index in [-0.39, 0.29) is 24.6 Å². The van der Waals surface area contributed by atoms with Crippen LogP contribution in [-0.4, -0.2) is 31.4 Å². The maximum absolute atomic E-state index is 12.1. The number of nitrogens with zero attached hydrogens (tertiary/aromatic N) is 1. The zero-order chi connectivity index (χ0) is 15.2. The third kappa shape index (κ3) is 4.31. The maximum atomic E-state index is 12.1. The molecule has 1 heterocycles. The van der Waals surface area contributed by atoms with E-state index in [9.17, 15) is 9.59 Å². The molecule has 0 spiro atoms. The van der Waals surface area contributed by atoms with Crippen LogP contribution in [-0.2, 0) is 20.7 Å². The first kappa shape index (κ1) is 15.5. The van der Waals surface area contributed by atoms with Gasteiger partial charge in [0.2, 0.25) is 0 Å². The van der Waals surface area contributed by atoms with E-state index in [0.29, 0.717) is 19.1 Å². The topological polar surface area (TPSA) is 46.6 Å². The molecule has 0 bridgehead atoms. The minimum Gasteiger partial charge on any atom is -0.466 e. The van der Waals surface area contributed by atoms with Gasteiger partial charge >= 0.3 is 5.97 Å². The van der Waals surface area contributed by atoms with Gasteiger partial charge in [-0.3, -0.25) is 9.59 Å². The molecular formula is C17H23NO3. The summed E-state index contributed by atoms with van der Waals surface area (Å²) in [5.74, 6) is 0.336. The zero-order valence-corrected chi connectivity index (χ0v) is 12.8. The first-order chi connectivity index (χ1) is 10.1. The van der Waals surface area contributed by atoms with E-state index in [1.165, 1.54) is 5.56 Å². The lowest BCUT2D eigenvalue weighted by Crippen LogP contribution is -2.38. The van der Waals surface area contributed by atoms with Gasteiger partial charge in [-0.05, 0) is 30.9 Å². The zero-order valence-electron chi connectivity index (χ0n) is 12.8. The highest BCUT2D eigenvalue weighted by Gasteiger charge is 2.23. The number of para-hydroxylation sites is 1. The summed E-state index contributed by atoms with van der Waals surface area (Å²) in [4.78, 5) is 25.5. The van der Waals surface area contributed by atoms with Gasteiger partial charge in [0.15, 0.2) is 5.78 Å². The Morgan fingerprint density at radius 2 is 2.05 bits per heavy atom. The second kappa shape index (κ2) is 7.25. The minimum atomic E-state index is -0.293. The highest BCUT2D eigenvalue weighted by atomic mass is 16.5. The average Bonchev–Trinajstić information content (AvgIpc) is 2.45. The van der Waals surface area contributed by atoms with Crippen LogP contribution in [0, 0.1) is 5.92 Å². The van der Waals surface area contributed by atoms with Crippen molar-refractivity contribution < 1.29 is 14.3 Å². The summed E-state index contributed by atoms with van der Waals surface area (Å²) in [6.07, 6.45) is 1.49. The van der Waals surface area contributed by atoms with Gasteiger partial charge in [-0.1, -0.05) is 25.1 Å². The number of carbonyl (C=O) groups excluding carboxylic acids is 2. The number of ether oxygens (including phenoxy) is 1. The van der Waals surface area contributed by atoms with Gasteiger partial charge in [0.05, 0.1) is 19.6 Å². The van der Waals surface area contributed by atoms with E-state index in [1.807, 2.05) is 12.1 Å². The van der Waals surface area contributed by atoms with Crippen molar-refractivity contribution in [2.75, 3.05) is 24.6 Å². The van der Waals surface area contributed by atoms with Gasteiger partial charge in [-0.2, -0.15) is 0 Å². The number of hydrogen-bond donors (Lipinski definition) is 0. The SMILES string of the molecule is CCOC(=O)CCC(=O)CN1CC(C)Cc2ccccc21. The summed E-state index contributed by atoms with van der Waals surface area (Å²) in [6, 6.07) is 8.24. The minimum absolute atomic E-state index is 0.0898. The number of hydrogen-bond acceptors (Lipinski definition) is 4. The van der Waals surface area contributed by atoms with Crippen LogP contribution in [0.15, 0.2) is 24.3 Å². The molecule has 1 unspecified atom stereocenters. The van der Waals surface area contributed by atoms with Crippen LogP contribution in [0.1, 0.15) is 32.3 Å². The van der Waals surface area contributed by atoms with Crippen molar-refractivity contribution in [1.29, 1.82) is 0 Å². The summed E-state index contributed by atoms with van der Waals surface area (Å²) in [7, 11) is 0. The molecule has 1 aliphatic heterocycles. The largest absolute Gasteiger partial charge is 0.466 e. The summed E-state index contributed by atoms with van der Waals surface area (Å²) >= 11 is 0. The molecule has 0 amide bonds. The quantitative estimate of drug-likeness (QED) is 0.755. The van der Waals surface area contributed by atoms with Crippen molar-refractivity contribution in [3.63, 3.8) is 0 Å². The lowest BCUT2D eigenvalue weighted by molar-refractivity contribution is -0.144. The fraction of sp³-hybridized carbons (Fsp3) is 0.529. The Kier molecular flexibility index (Phi) is 5.37. The number of carbonyl (C=O) groups is 2. The predicted octanol–water partition coefficient (Wildman–Crippen LogP) is 2.60. The third-order valence-corrected chi connectivity index (χ3v) is 3.71. The lowest BCUT2D eigenvalue weighted by Gasteiger charge is -2.34. The number of rotatable bonds is 6. The van der Waals surface area contributed by atoms with E-state index < -0.39 is 0 Å². The monoisotopic (exact) mass is 289 g/mol. The van der Waals surface area contributed by atoms with Crippen LogP contribution in [0.2, 0.25) is 0 Å². The molecule has 1 aliphatic rings. The summed E-state index contributed by atoms with van der Waals surface area (Å²) < 4.78 is 4.85. The van der Waals surface area contributed by atoms with Crippen LogP contribution in [0.5, 0.6) is 0 Å². The van der Waals surface area contributed by atoms with E-state index in [1.54, 1.807) is 6.92 Å². The van der Waals surface area contributed by atoms with Crippen LogP contribution in [0.3, 0.4) is 0 Å².